The van der Waals surface area contributed by atoms with Gasteiger partial charge in [0.2, 0.25) is 5.91 Å². The number of phenols is 1. The third kappa shape index (κ3) is 4.91. The van der Waals surface area contributed by atoms with Gasteiger partial charge in [0.25, 0.3) is 0 Å². The van der Waals surface area contributed by atoms with E-state index < -0.39 is 0 Å². The van der Waals surface area contributed by atoms with E-state index in [1.165, 1.54) is 5.56 Å². The number of carbonyl (C=O) groups excluding carboxylic acids is 1. The molecule has 1 aromatic rings. The Morgan fingerprint density at radius 1 is 1.26 bits per heavy atom. The van der Waals surface area contributed by atoms with Gasteiger partial charge in [0.1, 0.15) is 5.75 Å². The highest BCUT2D eigenvalue weighted by atomic mass is 16.3. The van der Waals surface area contributed by atoms with E-state index in [2.05, 4.69) is 18.7 Å². The van der Waals surface area contributed by atoms with Crippen molar-refractivity contribution in [3.63, 3.8) is 0 Å². The van der Waals surface area contributed by atoms with Crippen LogP contribution in [0.1, 0.15) is 19.4 Å². The van der Waals surface area contributed by atoms with E-state index in [0.717, 1.165) is 13.0 Å². The smallest absolute Gasteiger partial charge is 0.236 e. The molecule has 1 aromatic carbocycles. The summed E-state index contributed by atoms with van der Waals surface area (Å²) in [5.74, 6) is 0.408. The summed E-state index contributed by atoms with van der Waals surface area (Å²) >= 11 is 0. The zero-order chi connectivity index (χ0) is 14.4. The van der Waals surface area contributed by atoms with E-state index in [9.17, 15) is 9.90 Å². The summed E-state index contributed by atoms with van der Waals surface area (Å²) in [5.41, 5.74) is 1.17. The molecule has 0 aliphatic heterocycles. The molecule has 0 radical (unpaired) electrons. The minimum Gasteiger partial charge on any atom is -0.508 e. The van der Waals surface area contributed by atoms with Gasteiger partial charge in [0, 0.05) is 20.1 Å². The van der Waals surface area contributed by atoms with Crippen molar-refractivity contribution < 1.29 is 9.90 Å². The van der Waals surface area contributed by atoms with Crippen molar-refractivity contribution in [3.05, 3.63) is 29.8 Å². The van der Waals surface area contributed by atoms with Crippen molar-refractivity contribution >= 4 is 5.91 Å². The molecule has 0 saturated heterocycles. The van der Waals surface area contributed by atoms with Crippen LogP contribution in [-0.4, -0.2) is 54.0 Å². The van der Waals surface area contributed by atoms with Crippen molar-refractivity contribution in [3.8, 4) is 5.75 Å². The van der Waals surface area contributed by atoms with Gasteiger partial charge >= 0.3 is 0 Å². The second-order valence-electron chi connectivity index (χ2n) is 5.07. The summed E-state index contributed by atoms with van der Waals surface area (Å²) in [5, 5.41) is 9.27. The van der Waals surface area contributed by atoms with Crippen molar-refractivity contribution in [1.29, 1.82) is 0 Å². The first-order valence-corrected chi connectivity index (χ1v) is 6.66. The molecule has 0 saturated carbocycles. The Morgan fingerprint density at radius 2 is 1.84 bits per heavy atom. The lowest BCUT2D eigenvalue weighted by Gasteiger charge is -2.28. The molecule has 4 heteroatoms. The van der Waals surface area contributed by atoms with Gasteiger partial charge in [-0.1, -0.05) is 19.1 Å². The van der Waals surface area contributed by atoms with E-state index >= 15 is 0 Å². The highest BCUT2D eigenvalue weighted by Crippen LogP contribution is 2.13. The van der Waals surface area contributed by atoms with Gasteiger partial charge in [0.15, 0.2) is 0 Å². The Kier molecular flexibility index (Phi) is 5.83. The lowest BCUT2D eigenvalue weighted by molar-refractivity contribution is -0.130. The molecule has 0 aliphatic carbocycles. The Hall–Kier alpha value is -1.55. The van der Waals surface area contributed by atoms with Crippen LogP contribution >= 0.6 is 0 Å². The van der Waals surface area contributed by atoms with E-state index in [4.69, 9.17) is 0 Å². The molecule has 1 N–H and O–H groups in total. The fourth-order valence-corrected chi connectivity index (χ4v) is 2.00. The summed E-state index contributed by atoms with van der Waals surface area (Å²) in [6.07, 6.45) is 0.870. The molecular weight excluding hydrogens is 240 g/mol. The molecule has 106 valence electrons. The Balaban J connectivity index is 2.60. The number of phenolic OH excluding ortho intramolecular Hbond substituents is 1. The lowest BCUT2D eigenvalue weighted by Crippen LogP contribution is -2.42. The number of nitrogens with zero attached hydrogens (tertiary/aromatic N) is 2. The van der Waals surface area contributed by atoms with Crippen molar-refractivity contribution in [1.82, 2.24) is 9.80 Å². The highest BCUT2D eigenvalue weighted by Gasteiger charge is 2.17. The number of hydrogen-bond acceptors (Lipinski definition) is 3. The Labute approximate surface area is 115 Å². The van der Waals surface area contributed by atoms with E-state index in [1.54, 1.807) is 31.1 Å². The summed E-state index contributed by atoms with van der Waals surface area (Å²) < 4.78 is 0. The van der Waals surface area contributed by atoms with Crippen LogP contribution in [0.4, 0.5) is 0 Å². The fraction of sp³-hybridized carbons (Fsp3) is 0.533. The first-order valence-electron chi connectivity index (χ1n) is 6.66. The van der Waals surface area contributed by atoms with Gasteiger partial charge in [-0.05, 0) is 37.6 Å². The summed E-state index contributed by atoms with van der Waals surface area (Å²) in [6, 6.07) is 7.53. The van der Waals surface area contributed by atoms with Crippen molar-refractivity contribution in [2.45, 2.75) is 26.3 Å². The zero-order valence-electron chi connectivity index (χ0n) is 12.3. The Bertz CT molecular complexity index is 401. The maximum absolute atomic E-state index is 11.8. The summed E-state index contributed by atoms with van der Waals surface area (Å²) in [6.45, 7) is 5.48. The molecular formula is C15H24N2O2. The maximum Gasteiger partial charge on any atom is 0.236 e. The fourth-order valence-electron chi connectivity index (χ4n) is 2.00. The third-order valence-corrected chi connectivity index (χ3v) is 3.33. The van der Waals surface area contributed by atoms with E-state index in [-0.39, 0.29) is 11.7 Å². The predicted molar refractivity (Wildman–Crippen MR) is 77.2 cm³/mol. The van der Waals surface area contributed by atoms with E-state index in [1.807, 2.05) is 12.1 Å². The second kappa shape index (κ2) is 7.14. The molecule has 1 rings (SSSR count). The van der Waals surface area contributed by atoms with Crippen LogP contribution in [-0.2, 0) is 11.2 Å². The molecule has 19 heavy (non-hydrogen) atoms. The largest absolute Gasteiger partial charge is 0.508 e. The van der Waals surface area contributed by atoms with Gasteiger partial charge in [-0.25, -0.2) is 0 Å². The van der Waals surface area contributed by atoms with Gasteiger partial charge in [-0.3, -0.25) is 9.69 Å². The number of hydrogen-bond donors (Lipinski definition) is 1. The van der Waals surface area contributed by atoms with Gasteiger partial charge in [0.05, 0.1) is 6.54 Å². The quantitative estimate of drug-likeness (QED) is 0.851. The first-order chi connectivity index (χ1) is 8.93. The normalized spacial score (nSPS) is 12.5. The molecule has 1 unspecified atom stereocenters. The topological polar surface area (TPSA) is 43.8 Å². The standard InChI is InChI=1S/C15H24N2O2/c1-5-17(11-15(19)16(3)4)12(2)10-13-6-8-14(18)9-7-13/h6-9,12,18H,5,10-11H2,1-4H3. The average Bonchev–Trinajstić information content (AvgIpc) is 2.38. The van der Waals surface area contributed by atoms with Crippen LogP contribution in [0.3, 0.4) is 0 Å². The molecule has 0 spiro atoms. The summed E-state index contributed by atoms with van der Waals surface area (Å²) in [4.78, 5) is 15.5. The minimum atomic E-state index is 0.124. The average molecular weight is 264 g/mol. The molecule has 0 fully saturated rings. The zero-order valence-corrected chi connectivity index (χ0v) is 12.3. The first kappa shape index (κ1) is 15.5. The molecule has 1 amide bonds. The van der Waals surface area contributed by atoms with Crippen molar-refractivity contribution in [2.75, 3.05) is 27.2 Å². The second-order valence-corrected chi connectivity index (χ2v) is 5.07. The van der Waals surface area contributed by atoms with Crippen LogP contribution in [0.5, 0.6) is 5.75 Å². The van der Waals surface area contributed by atoms with Gasteiger partial charge in [-0.15, -0.1) is 0 Å². The number of rotatable bonds is 6. The molecule has 4 nitrogen and oxygen atoms in total. The lowest BCUT2D eigenvalue weighted by atomic mass is 10.1. The van der Waals surface area contributed by atoms with Crippen LogP contribution in [0.25, 0.3) is 0 Å². The van der Waals surface area contributed by atoms with Crippen LogP contribution in [0, 0.1) is 0 Å². The molecule has 0 aromatic heterocycles. The van der Waals surface area contributed by atoms with Gasteiger partial charge in [-0.2, -0.15) is 0 Å². The minimum absolute atomic E-state index is 0.124. The highest BCUT2D eigenvalue weighted by molar-refractivity contribution is 5.77. The number of likely N-dealkylation sites (N-methyl/N-ethyl adjacent to an activating group) is 2. The third-order valence-electron chi connectivity index (χ3n) is 3.33. The molecule has 0 heterocycles. The monoisotopic (exact) mass is 264 g/mol. The van der Waals surface area contributed by atoms with Crippen LogP contribution in [0.2, 0.25) is 0 Å². The van der Waals surface area contributed by atoms with Crippen LogP contribution in [0.15, 0.2) is 24.3 Å². The van der Waals surface area contributed by atoms with Gasteiger partial charge < -0.3 is 10.0 Å². The van der Waals surface area contributed by atoms with Crippen molar-refractivity contribution in [2.24, 2.45) is 0 Å². The number of amides is 1. The maximum atomic E-state index is 11.8. The molecule has 0 bridgehead atoms. The van der Waals surface area contributed by atoms with Crippen LogP contribution < -0.4 is 0 Å². The number of aromatic hydroxyl groups is 1. The number of carbonyl (C=O) groups is 1. The van der Waals surface area contributed by atoms with E-state index in [0.29, 0.717) is 12.6 Å². The predicted octanol–water partition coefficient (Wildman–Crippen LogP) is 1.73. The molecule has 1 atom stereocenters. The molecule has 0 aliphatic rings. The number of benzene rings is 1. The Morgan fingerprint density at radius 3 is 2.32 bits per heavy atom. The SMILES string of the molecule is CCN(CC(=O)N(C)C)C(C)Cc1ccc(O)cc1. The summed E-state index contributed by atoms with van der Waals surface area (Å²) in [7, 11) is 3.56.